The molecule has 2 unspecified atom stereocenters. The summed E-state index contributed by atoms with van der Waals surface area (Å²) < 4.78 is 14.7. The third-order valence-electron chi connectivity index (χ3n) is 6.39. The fourth-order valence-electron chi connectivity index (χ4n) is 4.63. The number of carbonyl (C=O) groups excluding carboxylic acids is 1. The second kappa shape index (κ2) is 9.03. The minimum atomic E-state index is -0.435. The summed E-state index contributed by atoms with van der Waals surface area (Å²) in [5.74, 6) is 0.332. The number of piperazine rings is 1. The van der Waals surface area contributed by atoms with Crippen molar-refractivity contribution in [1.82, 2.24) is 15.1 Å². The first-order valence-corrected chi connectivity index (χ1v) is 11.7. The van der Waals surface area contributed by atoms with Crippen LogP contribution in [0.5, 0.6) is 0 Å². The fourth-order valence-corrected chi connectivity index (χ4v) is 4.79. The first-order chi connectivity index (χ1) is 16.4. The van der Waals surface area contributed by atoms with E-state index in [4.69, 9.17) is 11.6 Å². The van der Waals surface area contributed by atoms with E-state index in [1.807, 2.05) is 66.4 Å². The highest BCUT2D eigenvalue weighted by molar-refractivity contribution is 6.30. The van der Waals surface area contributed by atoms with Gasteiger partial charge in [-0.15, -0.1) is 10.2 Å². The molecule has 4 aromatic rings. The van der Waals surface area contributed by atoms with E-state index in [2.05, 4.69) is 22.0 Å². The average molecular weight is 475 g/mol. The van der Waals surface area contributed by atoms with Gasteiger partial charge in [0.15, 0.2) is 5.82 Å². The van der Waals surface area contributed by atoms with Crippen LogP contribution in [0.3, 0.4) is 0 Å². The molecule has 1 aliphatic rings. The zero-order chi connectivity index (χ0) is 23.8. The number of halogens is 2. The zero-order valence-electron chi connectivity index (χ0n) is 19.0. The van der Waals surface area contributed by atoms with Gasteiger partial charge in [-0.25, -0.2) is 4.39 Å². The molecule has 0 radical (unpaired) electrons. The van der Waals surface area contributed by atoms with Crippen molar-refractivity contribution < 1.29 is 9.18 Å². The second-order valence-electron chi connectivity index (χ2n) is 8.72. The van der Waals surface area contributed by atoms with E-state index in [1.54, 1.807) is 12.1 Å². The Bertz CT molecular complexity index is 1360. The van der Waals surface area contributed by atoms with Crippen LogP contribution in [0.4, 0.5) is 10.2 Å². The first kappa shape index (κ1) is 22.3. The molecule has 5 rings (SSSR count). The predicted molar refractivity (Wildman–Crippen MR) is 134 cm³/mol. The summed E-state index contributed by atoms with van der Waals surface area (Å²) in [6.45, 7) is 5.32. The molecule has 1 aliphatic heterocycles. The quantitative estimate of drug-likeness (QED) is 0.375. The van der Waals surface area contributed by atoms with Crippen LogP contribution in [0, 0.1) is 5.82 Å². The van der Waals surface area contributed by atoms with Crippen LogP contribution < -0.4 is 4.90 Å². The number of amides is 1. The van der Waals surface area contributed by atoms with E-state index >= 15 is 0 Å². The Morgan fingerprint density at radius 2 is 1.62 bits per heavy atom. The van der Waals surface area contributed by atoms with Crippen molar-refractivity contribution in [3.8, 4) is 11.3 Å². The van der Waals surface area contributed by atoms with Crippen molar-refractivity contribution in [3.63, 3.8) is 0 Å². The van der Waals surface area contributed by atoms with E-state index in [0.717, 1.165) is 16.6 Å². The fraction of sp³-hybridized carbons (Fsp3) is 0.222. The number of carbonyl (C=O) groups is 1. The summed E-state index contributed by atoms with van der Waals surface area (Å²) in [6, 6.07) is 21.7. The van der Waals surface area contributed by atoms with Gasteiger partial charge in [0.25, 0.3) is 5.91 Å². The minimum Gasteiger partial charge on any atom is -0.348 e. The van der Waals surface area contributed by atoms with Gasteiger partial charge in [-0.2, -0.15) is 0 Å². The monoisotopic (exact) mass is 474 g/mol. The number of aromatic nitrogens is 2. The summed E-state index contributed by atoms with van der Waals surface area (Å²) in [5.41, 5.74) is 1.53. The van der Waals surface area contributed by atoms with Gasteiger partial charge in [-0.3, -0.25) is 4.79 Å². The Labute approximate surface area is 202 Å². The Morgan fingerprint density at radius 3 is 2.35 bits per heavy atom. The Kier molecular flexibility index (Phi) is 5.92. The number of fused-ring (bicyclic) bond motifs is 1. The van der Waals surface area contributed by atoms with Crippen molar-refractivity contribution >= 4 is 34.1 Å². The van der Waals surface area contributed by atoms with Crippen molar-refractivity contribution in [2.24, 2.45) is 0 Å². The maximum Gasteiger partial charge on any atom is 0.254 e. The van der Waals surface area contributed by atoms with E-state index in [-0.39, 0.29) is 18.0 Å². The molecule has 0 bridgehead atoms. The Hall–Kier alpha value is -3.51. The van der Waals surface area contributed by atoms with Crippen LogP contribution in [-0.4, -0.2) is 46.2 Å². The second-order valence-corrected chi connectivity index (χ2v) is 9.15. The molecule has 1 amide bonds. The molecule has 0 spiro atoms. The molecule has 2 heterocycles. The number of hydrogen-bond donors (Lipinski definition) is 0. The highest BCUT2D eigenvalue weighted by atomic mass is 35.5. The number of benzene rings is 3. The smallest absolute Gasteiger partial charge is 0.254 e. The van der Waals surface area contributed by atoms with Gasteiger partial charge in [0.2, 0.25) is 0 Å². The molecule has 0 saturated carbocycles. The summed E-state index contributed by atoms with van der Waals surface area (Å²) in [6.07, 6.45) is 0. The minimum absolute atomic E-state index is 0.0159. The molecule has 7 heteroatoms. The lowest BCUT2D eigenvalue weighted by Gasteiger charge is -2.44. The SMILES string of the molecule is CC1CN(c2nnc(-c3ccc(Cl)cc3F)c3ccccc23)C(C)CN1C(=O)c1ccccc1. The molecule has 1 saturated heterocycles. The van der Waals surface area contributed by atoms with Crippen molar-refractivity contribution in [1.29, 1.82) is 0 Å². The lowest BCUT2D eigenvalue weighted by Crippen LogP contribution is -2.58. The maximum atomic E-state index is 14.7. The topological polar surface area (TPSA) is 49.3 Å². The summed E-state index contributed by atoms with van der Waals surface area (Å²) in [4.78, 5) is 17.2. The Morgan fingerprint density at radius 1 is 0.912 bits per heavy atom. The van der Waals surface area contributed by atoms with Gasteiger partial charge in [-0.1, -0.05) is 54.1 Å². The maximum absolute atomic E-state index is 14.7. The van der Waals surface area contributed by atoms with E-state index in [1.165, 1.54) is 6.07 Å². The number of anilines is 1. The highest BCUT2D eigenvalue weighted by Gasteiger charge is 2.34. The third-order valence-corrected chi connectivity index (χ3v) is 6.63. The van der Waals surface area contributed by atoms with Gasteiger partial charge in [0.05, 0.1) is 0 Å². The van der Waals surface area contributed by atoms with Gasteiger partial charge < -0.3 is 9.80 Å². The number of rotatable bonds is 3. The molecule has 172 valence electrons. The van der Waals surface area contributed by atoms with Crippen molar-refractivity contribution in [3.05, 3.63) is 89.2 Å². The van der Waals surface area contributed by atoms with Crippen molar-refractivity contribution in [2.45, 2.75) is 25.9 Å². The van der Waals surface area contributed by atoms with Gasteiger partial charge in [0, 0.05) is 52.1 Å². The van der Waals surface area contributed by atoms with Crippen LogP contribution in [-0.2, 0) is 0 Å². The molecule has 0 N–H and O–H groups in total. The van der Waals surface area contributed by atoms with Crippen LogP contribution in [0.2, 0.25) is 5.02 Å². The highest BCUT2D eigenvalue weighted by Crippen LogP contribution is 2.35. The lowest BCUT2D eigenvalue weighted by atomic mass is 10.0. The Balaban J connectivity index is 1.50. The molecular weight excluding hydrogens is 451 g/mol. The molecule has 5 nitrogen and oxygen atoms in total. The third kappa shape index (κ3) is 3.99. The molecule has 0 aliphatic carbocycles. The molecule has 1 aromatic heterocycles. The van der Waals surface area contributed by atoms with Gasteiger partial charge in [0.1, 0.15) is 11.5 Å². The lowest BCUT2D eigenvalue weighted by molar-refractivity contribution is 0.0644. The van der Waals surface area contributed by atoms with Crippen LogP contribution in [0.15, 0.2) is 72.8 Å². The van der Waals surface area contributed by atoms with Crippen LogP contribution in [0.1, 0.15) is 24.2 Å². The largest absolute Gasteiger partial charge is 0.348 e. The van der Waals surface area contributed by atoms with Crippen LogP contribution in [0.25, 0.3) is 22.0 Å². The molecule has 34 heavy (non-hydrogen) atoms. The summed E-state index contributed by atoms with van der Waals surface area (Å²) in [5, 5.41) is 11.0. The molecule has 1 fully saturated rings. The van der Waals surface area contributed by atoms with E-state index in [0.29, 0.717) is 34.9 Å². The van der Waals surface area contributed by atoms with Gasteiger partial charge >= 0.3 is 0 Å². The average Bonchev–Trinajstić information content (AvgIpc) is 2.85. The number of nitrogens with zero attached hydrogens (tertiary/aromatic N) is 4. The predicted octanol–water partition coefficient (Wildman–Crippen LogP) is 5.83. The van der Waals surface area contributed by atoms with E-state index < -0.39 is 5.82 Å². The summed E-state index contributed by atoms with van der Waals surface area (Å²) >= 11 is 5.94. The van der Waals surface area contributed by atoms with Crippen molar-refractivity contribution in [2.75, 3.05) is 18.0 Å². The molecular formula is C27H24ClFN4O. The standard InChI is InChI=1S/C27H24ClFN4O/c1-17-16-33(27(34)19-8-4-3-5-9-19)18(2)15-32(17)26-22-11-7-6-10-21(22)25(30-31-26)23-13-12-20(28)14-24(23)29/h3-14,17-18H,15-16H2,1-2H3. The van der Waals surface area contributed by atoms with Crippen LogP contribution >= 0.6 is 11.6 Å². The molecule has 3 aromatic carbocycles. The zero-order valence-corrected chi connectivity index (χ0v) is 19.7. The summed E-state index contributed by atoms with van der Waals surface area (Å²) in [7, 11) is 0. The van der Waals surface area contributed by atoms with Gasteiger partial charge in [-0.05, 0) is 44.2 Å². The van der Waals surface area contributed by atoms with E-state index in [9.17, 15) is 9.18 Å². The first-order valence-electron chi connectivity index (χ1n) is 11.3. The normalized spacial score (nSPS) is 18.4. The molecule has 2 atom stereocenters. The number of hydrogen-bond acceptors (Lipinski definition) is 4.